The fraction of sp³-hybridized carbons (Fsp3) is 0.481. The molecule has 0 spiro atoms. The van der Waals surface area contributed by atoms with Crippen molar-refractivity contribution in [2.75, 3.05) is 6.54 Å². The molecule has 0 saturated carbocycles. The van der Waals surface area contributed by atoms with E-state index in [0.717, 1.165) is 11.1 Å². The van der Waals surface area contributed by atoms with E-state index < -0.39 is 11.2 Å². The lowest BCUT2D eigenvalue weighted by Crippen LogP contribution is -2.38. The van der Waals surface area contributed by atoms with E-state index in [9.17, 15) is 14.4 Å². The lowest BCUT2D eigenvalue weighted by atomic mass is 9.96. The molecule has 0 aliphatic rings. The smallest absolute Gasteiger partial charge is 0.290 e. The minimum absolute atomic E-state index is 0.105. The van der Waals surface area contributed by atoms with Crippen LogP contribution < -0.4 is 11.2 Å². The quantitative estimate of drug-likeness (QED) is 0.144. The second kappa shape index (κ2) is 14.5. The Morgan fingerprint density at radius 3 is 2.46 bits per heavy atom. The lowest BCUT2D eigenvalue weighted by molar-refractivity contribution is 0.102. The van der Waals surface area contributed by atoms with E-state index in [1.807, 2.05) is 39.8 Å². The van der Waals surface area contributed by atoms with Gasteiger partial charge in [0.2, 0.25) is 5.78 Å². The van der Waals surface area contributed by atoms with Crippen molar-refractivity contribution in [3.63, 3.8) is 0 Å². The van der Waals surface area contributed by atoms with Gasteiger partial charge in [0.25, 0.3) is 5.56 Å². The maximum absolute atomic E-state index is 13.5. The summed E-state index contributed by atoms with van der Waals surface area (Å²) in [5.41, 5.74) is 1.63. The molecule has 1 aromatic heterocycles. The maximum atomic E-state index is 13.5. The van der Waals surface area contributed by atoms with Crippen molar-refractivity contribution in [2.45, 2.75) is 79.2 Å². The van der Waals surface area contributed by atoms with Crippen molar-refractivity contribution in [1.29, 1.82) is 10.5 Å². The molecule has 8 heteroatoms. The molecular weight excluding hydrogens is 442 g/mol. The van der Waals surface area contributed by atoms with Crippen molar-refractivity contribution < 1.29 is 4.79 Å². The number of aliphatic imine (C=N–C) groups is 1. The average Bonchev–Trinajstić information content (AvgIpc) is 2.79. The molecule has 1 aromatic rings. The molecule has 0 aliphatic carbocycles. The number of nitriles is 2. The molecule has 0 bridgehead atoms. The van der Waals surface area contributed by atoms with Crippen LogP contribution >= 0.6 is 0 Å². The van der Waals surface area contributed by atoms with Crippen molar-refractivity contribution in [2.24, 2.45) is 4.99 Å². The summed E-state index contributed by atoms with van der Waals surface area (Å²) >= 11 is 0. The number of allylic oxidation sites excluding steroid dienone is 5. The summed E-state index contributed by atoms with van der Waals surface area (Å²) in [7, 11) is 0. The number of Topliss-reactive ketones (excluding diaryl/α,β-unsaturated/α-hetero) is 1. The van der Waals surface area contributed by atoms with Crippen molar-refractivity contribution >= 4 is 11.5 Å². The van der Waals surface area contributed by atoms with Gasteiger partial charge in [0.05, 0.1) is 6.07 Å². The van der Waals surface area contributed by atoms with Gasteiger partial charge in [-0.25, -0.2) is 4.79 Å². The maximum Gasteiger partial charge on any atom is 0.328 e. The van der Waals surface area contributed by atoms with Crippen LogP contribution in [0.4, 0.5) is 0 Å². The first-order valence-corrected chi connectivity index (χ1v) is 11.8. The highest BCUT2D eigenvalue weighted by Gasteiger charge is 2.24. The number of aromatic nitrogens is 2. The number of ketones is 1. The van der Waals surface area contributed by atoms with E-state index in [1.54, 1.807) is 13.0 Å². The molecule has 0 atom stereocenters. The third kappa shape index (κ3) is 8.83. The highest BCUT2D eigenvalue weighted by Crippen LogP contribution is 2.19. The summed E-state index contributed by atoms with van der Waals surface area (Å²) in [6.45, 7) is 13.6. The first kappa shape index (κ1) is 29.3. The van der Waals surface area contributed by atoms with Gasteiger partial charge < -0.3 is 0 Å². The van der Waals surface area contributed by atoms with E-state index in [2.05, 4.69) is 22.6 Å². The SMILES string of the molecule is C=C(/C=C(C)\C=C(/C)C(=O)c1c(C(C)C)c(=O)[nH]c(=O)n1CCCCN=C(C#N)CC)CCC#N. The Hall–Kier alpha value is -3.78. The van der Waals surface area contributed by atoms with Crippen LogP contribution in [0.1, 0.15) is 88.7 Å². The number of hydrogen-bond donors (Lipinski definition) is 1. The summed E-state index contributed by atoms with van der Waals surface area (Å²) in [4.78, 5) is 45.4. The van der Waals surface area contributed by atoms with Crippen LogP contribution in [0.3, 0.4) is 0 Å². The standard InChI is InChI=1S/C27H35N5O3/c1-7-22(17-29)30-13-8-9-14-32-24(23(18(2)3)26(34)31-27(32)35)25(33)21(6)16-20(5)15-19(4)11-10-12-28/h15-16,18H,4,7-11,13-14H2,1-3,5-6H3,(H,31,34,35)/b20-15-,21-16+,30-22?. The normalized spacial score (nSPS) is 12.4. The van der Waals surface area contributed by atoms with Gasteiger partial charge in [-0.15, -0.1) is 0 Å². The van der Waals surface area contributed by atoms with Crippen LogP contribution in [0.25, 0.3) is 0 Å². The largest absolute Gasteiger partial charge is 0.328 e. The van der Waals surface area contributed by atoms with Gasteiger partial charge in [-0.05, 0) is 51.0 Å². The zero-order chi connectivity index (χ0) is 26.5. The highest BCUT2D eigenvalue weighted by atomic mass is 16.2. The van der Waals surface area contributed by atoms with E-state index in [-0.39, 0.29) is 29.5 Å². The van der Waals surface area contributed by atoms with E-state index >= 15 is 0 Å². The number of rotatable bonds is 13. The molecule has 0 aliphatic heterocycles. The highest BCUT2D eigenvalue weighted by molar-refractivity contribution is 6.08. The van der Waals surface area contributed by atoms with Crippen LogP contribution in [0, 0.1) is 22.7 Å². The van der Waals surface area contributed by atoms with Crippen molar-refractivity contribution in [3.05, 3.63) is 67.5 Å². The average molecular weight is 478 g/mol. The topological polar surface area (TPSA) is 132 Å². The van der Waals surface area contributed by atoms with Gasteiger partial charge in [-0.1, -0.05) is 50.6 Å². The molecule has 0 unspecified atom stereocenters. The summed E-state index contributed by atoms with van der Waals surface area (Å²) in [5.74, 6) is -0.657. The molecule has 1 rings (SSSR count). The number of nitrogens with one attached hydrogen (secondary N) is 1. The molecule has 35 heavy (non-hydrogen) atoms. The Labute approximate surface area is 207 Å². The summed E-state index contributed by atoms with van der Waals surface area (Å²) in [6, 6.07) is 4.13. The van der Waals surface area contributed by atoms with Crippen LogP contribution in [-0.2, 0) is 6.54 Å². The number of hydrogen-bond acceptors (Lipinski definition) is 6. The minimum atomic E-state index is -0.623. The molecule has 0 radical (unpaired) electrons. The molecular formula is C27H35N5O3. The summed E-state index contributed by atoms with van der Waals surface area (Å²) < 4.78 is 1.34. The third-order valence-corrected chi connectivity index (χ3v) is 5.38. The molecule has 1 N–H and O–H groups in total. The Balaban J connectivity index is 3.34. The second-order valence-corrected chi connectivity index (χ2v) is 8.69. The van der Waals surface area contributed by atoms with E-state index in [4.69, 9.17) is 10.5 Å². The molecule has 186 valence electrons. The van der Waals surface area contributed by atoms with E-state index in [0.29, 0.717) is 49.9 Å². The number of H-pyrrole nitrogens is 1. The van der Waals surface area contributed by atoms with Crippen LogP contribution in [0.15, 0.2) is 50.0 Å². The fourth-order valence-corrected chi connectivity index (χ4v) is 3.65. The van der Waals surface area contributed by atoms with Crippen LogP contribution in [-0.4, -0.2) is 27.6 Å². The number of aromatic amines is 1. The van der Waals surface area contributed by atoms with Gasteiger partial charge in [0.1, 0.15) is 17.5 Å². The van der Waals surface area contributed by atoms with Crippen molar-refractivity contribution in [1.82, 2.24) is 9.55 Å². The minimum Gasteiger partial charge on any atom is -0.290 e. The number of carbonyl (C=O) groups excluding carboxylic acids is 1. The number of nitrogens with zero attached hydrogens (tertiary/aromatic N) is 4. The fourth-order valence-electron chi connectivity index (χ4n) is 3.65. The first-order valence-electron chi connectivity index (χ1n) is 11.8. The predicted octanol–water partition coefficient (Wildman–Crippen LogP) is 4.75. The monoisotopic (exact) mass is 477 g/mol. The van der Waals surface area contributed by atoms with Crippen molar-refractivity contribution in [3.8, 4) is 12.1 Å². The Kier molecular flexibility index (Phi) is 12.1. The Morgan fingerprint density at radius 1 is 1.20 bits per heavy atom. The number of carbonyl (C=O) groups is 1. The van der Waals surface area contributed by atoms with Crippen LogP contribution in [0.2, 0.25) is 0 Å². The van der Waals surface area contributed by atoms with Gasteiger partial charge in [0, 0.05) is 25.1 Å². The number of unbranched alkanes of at least 4 members (excludes halogenated alkanes) is 1. The molecule has 0 saturated heterocycles. The molecule has 0 fully saturated rings. The lowest BCUT2D eigenvalue weighted by Gasteiger charge is -2.17. The summed E-state index contributed by atoms with van der Waals surface area (Å²) in [6.07, 6.45) is 6.16. The molecule has 0 amide bonds. The van der Waals surface area contributed by atoms with E-state index in [1.165, 1.54) is 4.57 Å². The second-order valence-electron chi connectivity index (χ2n) is 8.69. The predicted molar refractivity (Wildman–Crippen MR) is 139 cm³/mol. The Morgan fingerprint density at radius 2 is 1.89 bits per heavy atom. The molecule has 1 heterocycles. The van der Waals surface area contributed by atoms with Gasteiger partial charge in [-0.2, -0.15) is 10.5 Å². The van der Waals surface area contributed by atoms with Gasteiger partial charge >= 0.3 is 5.69 Å². The zero-order valence-electron chi connectivity index (χ0n) is 21.4. The zero-order valence-corrected chi connectivity index (χ0v) is 21.4. The first-order chi connectivity index (χ1) is 16.6. The Bertz CT molecular complexity index is 1230. The third-order valence-electron chi connectivity index (χ3n) is 5.38. The molecule has 8 nitrogen and oxygen atoms in total. The van der Waals surface area contributed by atoms with Crippen LogP contribution in [0.5, 0.6) is 0 Å². The summed E-state index contributed by atoms with van der Waals surface area (Å²) in [5, 5.41) is 17.7. The van der Waals surface area contributed by atoms with Gasteiger partial charge in [0.15, 0.2) is 0 Å². The molecule has 0 aromatic carbocycles. The van der Waals surface area contributed by atoms with Gasteiger partial charge in [-0.3, -0.25) is 24.1 Å².